The Kier molecular flexibility index (Phi) is 4.21. The number of nitrogens with one attached hydrogen (secondary N) is 1. The van der Waals surface area contributed by atoms with E-state index in [1.54, 1.807) is 24.3 Å². The second-order valence-electron chi connectivity index (χ2n) is 4.79. The van der Waals surface area contributed by atoms with Gasteiger partial charge in [0.2, 0.25) is 0 Å². The molecule has 21 heavy (non-hydrogen) atoms. The molecule has 7 heteroatoms. The van der Waals surface area contributed by atoms with Crippen LogP contribution in [0.3, 0.4) is 0 Å². The summed E-state index contributed by atoms with van der Waals surface area (Å²) in [6.45, 7) is 5.41. The van der Waals surface area contributed by atoms with Crippen molar-refractivity contribution < 1.29 is 13.9 Å². The van der Waals surface area contributed by atoms with Gasteiger partial charge < -0.3 is 19.4 Å². The second-order valence-corrected chi connectivity index (χ2v) is 5.63. The maximum Gasteiger partial charge on any atom is 0.255 e. The fraction of sp³-hybridized carbons (Fsp3) is 0.429. The van der Waals surface area contributed by atoms with Crippen molar-refractivity contribution in [2.75, 3.05) is 31.2 Å². The Balaban J connectivity index is 1.57. The molecule has 3 rings (SSSR count). The van der Waals surface area contributed by atoms with Crippen LogP contribution < -0.4 is 10.2 Å². The topological polar surface area (TPSA) is 67.6 Å². The lowest BCUT2D eigenvalue weighted by atomic mass is 10.2. The van der Waals surface area contributed by atoms with Crippen molar-refractivity contribution in [2.24, 2.45) is 0 Å². The van der Waals surface area contributed by atoms with Crippen LogP contribution in [0.5, 0.6) is 0 Å². The Bertz CT molecular complexity index is 617. The molecule has 0 spiro atoms. The molecule has 0 aromatic carbocycles. The molecule has 0 saturated carbocycles. The molecule has 0 unspecified atom stereocenters. The summed E-state index contributed by atoms with van der Waals surface area (Å²) in [6, 6.07) is 1.67. The van der Waals surface area contributed by atoms with Crippen LogP contribution in [0.15, 0.2) is 22.1 Å². The first-order valence-corrected chi connectivity index (χ1v) is 7.71. The van der Waals surface area contributed by atoms with Crippen molar-refractivity contribution in [2.45, 2.75) is 13.5 Å². The number of anilines is 1. The van der Waals surface area contributed by atoms with Crippen LogP contribution in [-0.4, -0.2) is 37.2 Å². The number of aryl methyl sites for hydroxylation is 1. The number of thiazole rings is 1. The zero-order valence-electron chi connectivity index (χ0n) is 11.8. The third kappa shape index (κ3) is 3.25. The third-order valence-corrected chi connectivity index (χ3v) is 4.30. The van der Waals surface area contributed by atoms with Crippen LogP contribution in [0.1, 0.15) is 21.8 Å². The molecular weight excluding hydrogens is 290 g/mol. The number of rotatable bonds is 4. The van der Waals surface area contributed by atoms with E-state index >= 15 is 0 Å². The van der Waals surface area contributed by atoms with Gasteiger partial charge in [0.1, 0.15) is 5.76 Å². The van der Waals surface area contributed by atoms with E-state index in [0.717, 1.165) is 37.1 Å². The summed E-state index contributed by atoms with van der Waals surface area (Å²) in [5, 5.41) is 5.83. The van der Waals surface area contributed by atoms with Crippen molar-refractivity contribution in [3.05, 3.63) is 34.7 Å². The Labute approximate surface area is 126 Å². The average molecular weight is 307 g/mol. The Hall–Kier alpha value is -1.86. The van der Waals surface area contributed by atoms with Crippen molar-refractivity contribution in [3.8, 4) is 0 Å². The molecule has 6 nitrogen and oxygen atoms in total. The lowest BCUT2D eigenvalue weighted by Gasteiger charge is -2.26. The van der Waals surface area contributed by atoms with Crippen molar-refractivity contribution in [1.82, 2.24) is 10.3 Å². The van der Waals surface area contributed by atoms with Gasteiger partial charge in [-0.2, -0.15) is 0 Å². The highest BCUT2D eigenvalue weighted by molar-refractivity contribution is 7.13. The summed E-state index contributed by atoms with van der Waals surface area (Å²) >= 11 is 1.60. The summed E-state index contributed by atoms with van der Waals surface area (Å²) < 4.78 is 10.5. The molecule has 1 aliphatic rings. The zero-order chi connectivity index (χ0) is 14.7. The summed E-state index contributed by atoms with van der Waals surface area (Å²) in [5.41, 5.74) is 1.44. The van der Waals surface area contributed by atoms with Crippen LogP contribution in [0.4, 0.5) is 5.13 Å². The smallest absolute Gasteiger partial charge is 0.255 e. The minimum atomic E-state index is -0.137. The largest absolute Gasteiger partial charge is 0.469 e. The van der Waals surface area contributed by atoms with Gasteiger partial charge in [0, 0.05) is 18.5 Å². The molecule has 1 N–H and O–H groups in total. The lowest BCUT2D eigenvalue weighted by Crippen LogP contribution is -2.36. The quantitative estimate of drug-likeness (QED) is 0.933. The minimum absolute atomic E-state index is 0.137. The molecule has 1 saturated heterocycles. The van der Waals surface area contributed by atoms with Crippen molar-refractivity contribution in [3.63, 3.8) is 0 Å². The number of furan rings is 1. The van der Waals surface area contributed by atoms with E-state index in [9.17, 15) is 4.79 Å². The molecule has 2 aromatic rings. The molecule has 0 atom stereocenters. The van der Waals surface area contributed by atoms with Gasteiger partial charge in [-0.25, -0.2) is 4.98 Å². The van der Waals surface area contributed by atoms with Gasteiger partial charge in [0.15, 0.2) is 5.13 Å². The van der Waals surface area contributed by atoms with Gasteiger partial charge in [-0.05, 0) is 13.0 Å². The number of carbonyl (C=O) groups is 1. The van der Waals surface area contributed by atoms with E-state index in [4.69, 9.17) is 9.15 Å². The Morgan fingerprint density at radius 3 is 3.00 bits per heavy atom. The van der Waals surface area contributed by atoms with Gasteiger partial charge in [0.25, 0.3) is 5.91 Å². The molecule has 112 valence electrons. The number of nitrogens with zero attached hydrogens (tertiary/aromatic N) is 2. The maximum absolute atomic E-state index is 12.0. The van der Waals surface area contributed by atoms with E-state index < -0.39 is 0 Å². The highest BCUT2D eigenvalue weighted by atomic mass is 32.1. The SMILES string of the molecule is Cc1occc1C(=O)NCc1csc(N2CCOCC2)n1. The molecule has 0 radical (unpaired) electrons. The first-order valence-electron chi connectivity index (χ1n) is 6.83. The molecule has 2 aromatic heterocycles. The molecule has 1 amide bonds. The Morgan fingerprint density at radius 1 is 1.48 bits per heavy atom. The van der Waals surface area contributed by atoms with E-state index in [1.807, 2.05) is 5.38 Å². The first kappa shape index (κ1) is 14.1. The van der Waals surface area contributed by atoms with Crippen molar-refractivity contribution in [1.29, 1.82) is 0 Å². The van der Waals surface area contributed by atoms with E-state index in [-0.39, 0.29) is 5.91 Å². The summed E-state index contributed by atoms with van der Waals surface area (Å²) in [6.07, 6.45) is 1.52. The molecule has 1 fully saturated rings. The van der Waals surface area contributed by atoms with Gasteiger partial charge in [-0.1, -0.05) is 0 Å². The predicted molar refractivity (Wildman–Crippen MR) is 79.8 cm³/mol. The van der Waals surface area contributed by atoms with Gasteiger partial charge in [0.05, 0.1) is 37.3 Å². The number of ether oxygens (including phenoxy) is 1. The van der Waals surface area contributed by atoms with E-state index in [1.165, 1.54) is 6.26 Å². The number of hydrogen-bond donors (Lipinski definition) is 1. The Morgan fingerprint density at radius 2 is 2.29 bits per heavy atom. The normalized spacial score (nSPS) is 15.2. The monoisotopic (exact) mass is 307 g/mol. The van der Waals surface area contributed by atoms with Gasteiger partial charge in [-0.3, -0.25) is 4.79 Å². The number of carbonyl (C=O) groups excluding carboxylic acids is 1. The van der Waals surface area contributed by atoms with Crippen LogP contribution in [0, 0.1) is 6.92 Å². The third-order valence-electron chi connectivity index (χ3n) is 3.35. The van der Waals surface area contributed by atoms with E-state index in [2.05, 4.69) is 15.2 Å². The fourth-order valence-corrected chi connectivity index (χ4v) is 3.04. The molecule has 0 aliphatic carbocycles. The standard InChI is InChI=1S/C14H17N3O3S/c1-10-12(2-5-20-10)13(18)15-8-11-9-21-14(16-11)17-3-6-19-7-4-17/h2,5,9H,3-4,6-8H2,1H3,(H,15,18). The lowest BCUT2D eigenvalue weighted by molar-refractivity contribution is 0.0949. The fourth-order valence-electron chi connectivity index (χ4n) is 2.16. The molecular formula is C14H17N3O3S. The average Bonchev–Trinajstić information content (AvgIpc) is 3.15. The van der Waals surface area contributed by atoms with Crippen LogP contribution >= 0.6 is 11.3 Å². The van der Waals surface area contributed by atoms with Crippen LogP contribution in [-0.2, 0) is 11.3 Å². The summed E-state index contributed by atoms with van der Waals surface area (Å²) in [7, 11) is 0. The number of aromatic nitrogens is 1. The predicted octanol–water partition coefficient (Wildman–Crippen LogP) is 1.81. The zero-order valence-corrected chi connectivity index (χ0v) is 12.6. The van der Waals surface area contributed by atoms with Crippen molar-refractivity contribution >= 4 is 22.4 Å². The van der Waals surface area contributed by atoms with Gasteiger partial charge in [-0.15, -0.1) is 11.3 Å². The van der Waals surface area contributed by atoms with Crippen LogP contribution in [0.25, 0.3) is 0 Å². The van der Waals surface area contributed by atoms with Gasteiger partial charge >= 0.3 is 0 Å². The summed E-state index contributed by atoms with van der Waals surface area (Å²) in [4.78, 5) is 18.8. The van der Waals surface area contributed by atoms with Crippen LogP contribution in [0.2, 0.25) is 0 Å². The van der Waals surface area contributed by atoms with E-state index in [0.29, 0.717) is 17.9 Å². The first-order chi connectivity index (χ1) is 10.2. The molecule has 1 aliphatic heterocycles. The summed E-state index contributed by atoms with van der Waals surface area (Å²) in [5.74, 6) is 0.488. The number of morpholine rings is 1. The highest BCUT2D eigenvalue weighted by Crippen LogP contribution is 2.21. The molecule has 0 bridgehead atoms. The minimum Gasteiger partial charge on any atom is -0.469 e. The molecule has 3 heterocycles. The second kappa shape index (κ2) is 6.28. The maximum atomic E-state index is 12.0. The highest BCUT2D eigenvalue weighted by Gasteiger charge is 2.15. The number of hydrogen-bond acceptors (Lipinski definition) is 6. The number of amides is 1.